The van der Waals surface area contributed by atoms with Crippen molar-refractivity contribution in [1.82, 2.24) is 15.2 Å². The van der Waals surface area contributed by atoms with Crippen LogP contribution in [0, 0.1) is 6.92 Å². The van der Waals surface area contributed by atoms with Gasteiger partial charge in [0.1, 0.15) is 0 Å². The molecule has 2 rings (SSSR count). The van der Waals surface area contributed by atoms with Crippen molar-refractivity contribution in [3.05, 3.63) is 50.7 Å². The highest BCUT2D eigenvalue weighted by Crippen LogP contribution is 2.22. The van der Waals surface area contributed by atoms with Crippen LogP contribution in [-0.2, 0) is 4.79 Å². The molecule has 0 aliphatic heterocycles. The van der Waals surface area contributed by atoms with Crippen LogP contribution in [0.2, 0.25) is 0 Å². The third-order valence-electron chi connectivity index (χ3n) is 3.00. The van der Waals surface area contributed by atoms with Gasteiger partial charge in [0.05, 0.1) is 5.25 Å². The first-order valence-corrected chi connectivity index (χ1v) is 7.61. The highest BCUT2D eigenvalue weighted by Gasteiger charge is 2.21. The highest BCUT2D eigenvalue weighted by atomic mass is 32.2. The molecule has 1 aromatic heterocycles. The van der Waals surface area contributed by atoms with Crippen LogP contribution in [0.5, 0.6) is 0 Å². The van der Waals surface area contributed by atoms with Gasteiger partial charge in [-0.1, -0.05) is 36.9 Å². The van der Waals surface area contributed by atoms with E-state index in [1.165, 1.54) is 0 Å². The van der Waals surface area contributed by atoms with Crippen LogP contribution in [0.1, 0.15) is 18.9 Å². The van der Waals surface area contributed by atoms with Crippen LogP contribution in [0.15, 0.2) is 38.9 Å². The van der Waals surface area contributed by atoms with Crippen molar-refractivity contribution >= 4 is 23.4 Å². The van der Waals surface area contributed by atoms with Gasteiger partial charge in [-0.2, -0.15) is 5.10 Å². The molecule has 0 saturated carbocycles. The number of carbonyl (C=O) groups excluding carboxylic acids is 1. The SMILES string of the molecule is CCC(Sc1n[nH]c(=O)[nH]c1=O)C(=O)Nc1ccccc1C. The summed E-state index contributed by atoms with van der Waals surface area (Å²) in [6.07, 6.45) is 0.516. The van der Waals surface area contributed by atoms with Crippen molar-refractivity contribution < 1.29 is 4.79 Å². The minimum atomic E-state index is -0.674. The van der Waals surface area contributed by atoms with Gasteiger partial charge < -0.3 is 5.32 Å². The Hall–Kier alpha value is -2.35. The number of rotatable bonds is 5. The fraction of sp³-hybridized carbons (Fsp3) is 0.286. The van der Waals surface area contributed by atoms with Gasteiger partial charge in [-0.05, 0) is 25.0 Å². The lowest BCUT2D eigenvalue weighted by molar-refractivity contribution is -0.115. The maximum Gasteiger partial charge on any atom is 0.342 e. The fourth-order valence-corrected chi connectivity index (χ4v) is 2.66. The summed E-state index contributed by atoms with van der Waals surface area (Å²) in [5.41, 5.74) is 0.410. The summed E-state index contributed by atoms with van der Waals surface area (Å²) in [6, 6.07) is 7.44. The fourth-order valence-electron chi connectivity index (χ4n) is 1.80. The molecule has 1 atom stereocenters. The van der Waals surface area contributed by atoms with Crippen molar-refractivity contribution in [2.45, 2.75) is 30.5 Å². The third kappa shape index (κ3) is 3.85. The van der Waals surface area contributed by atoms with Crippen molar-refractivity contribution in [3.8, 4) is 0 Å². The number of nitrogens with one attached hydrogen (secondary N) is 3. The summed E-state index contributed by atoms with van der Waals surface area (Å²) >= 11 is 1.02. The Morgan fingerprint density at radius 2 is 2.09 bits per heavy atom. The zero-order valence-corrected chi connectivity index (χ0v) is 13.0. The molecule has 8 heteroatoms. The van der Waals surface area contributed by atoms with Gasteiger partial charge in [0.15, 0.2) is 5.03 Å². The number of hydrogen-bond donors (Lipinski definition) is 3. The molecule has 1 aromatic carbocycles. The lowest BCUT2D eigenvalue weighted by Gasteiger charge is -2.14. The van der Waals surface area contributed by atoms with E-state index in [4.69, 9.17) is 0 Å². The number of anilines is 1. The largest absolute Gasteiger partial charge is 0.342 e. The minimum Gasteiger partial charge on any atom is -0.325 e. The molecule has 2 aromatic rings. The van der Waals surface area contributed by atoms with E-state index in [2.05, 4.69) is 20.5 Å². The van der Waals surface area contributed by atoms with Crippen molar-refractivity contribution in [2.75, 3.05) is 5.32 Å². The number of H-pyrrole nitrogens is 2. The number of para-hydroxylation sites is 1. The van der Waals surface area contributed by atoms with Crippen LogP contribution >= 0.6 is 11.8 Å². The smallest absolute Gasteiger partial charge is 0.325 e. The number of hydrogen-bond acceptors (Lipinski definition) is 5. The number of amides is 1. The summed E-state index contributed by atoms with van der Waals surface area (Å²) in [6.45, 7) is 3.74. The third-order valence-corrected chi connectivity index (χ3v) is 4.33. The molecule has 22 heavy (non-hydrogen) atoms. The molecule has 1 unspecified atom stereocenters. The number of benzene rings is 1. The Morgan fingerprint density at radius 3 is 2.73 bits per heavy atom. The van der Waals surface area contributed by atoms with Gasteiger partial charge >= 0.3 is 5.69 Å². The lowest BCUT2D eigenvalue weighted by atomic mass is 10.2. The first kappa shape index (κ1) is 16.0. The van der Waals surface area contributed by atoms with E-state index in [-0.39, 0.29) is 10.9 Å². The molecular weight excluding hydrogens is 304 g/mol. The lowest BCUT2D eigenvalue weighted by Crippen LogP contribution is -2.29. The number of aromatic nitrogens is 3. The second-order valence-electron chi connectivity index (χ2n) is 4.63. The standard InChI is InChI=1S/C14H16N4O3S/c1-3-10(22-13-12(20)16-14(21)18-17-13)11(19)15-9-7-5-4-6-8(9)2/h4-7,10H,3H2,1-2H3,(H,15,19)(H2,16,18,20,21). The molecule has 0 saturated heterocycles. The van der Waals surface area contributed by atoms with Gasteiger partial charge in [-0.15, -0.1) is 0 Å². The van der Waals surface area contributed by atoms with E-state index in [0.29, 0.717) is 6.42 Å². The van der Waals surface area contributed by atoms with Crippen LogP contribution < -0.4 is 16.6 Å². The minimum absolute atomic E-state index is 0.0615. The number of nitrogens with zero attached hydrogens (tertiary/aromatic N) is 1. The van der Waals surface area contributed by atoms with Crippen LogP contribution in [-0.4, -0.2) is 26.3 Å². The number of aryl methyl sites for hydroxylation is 1. The molecule has 116 valence electrons. The van der Waals surface area contributed by atoms with Crippen molar-refractivity contribution in [3.63, 3.8) is 0 Å². The summed E-state index contributed by atoms with van der Waals surface area (Å²) in [5.74, 6) is -0.214. The topological polar surface area (TPSA) is 108 Å². The first-order valence-electron chi connectivity index (χ1n) is 6.73. The molecule has 7 nitrogen and oxygen atoms in total. The maximum absolute atomic E-state index is 12.3. The average molecular weight is 320 g/mol. The Balaban J connectivity index is 2.14. The molecule has 1 heterocycles. The second kappa shape index (κ2) is 7.08. The molecule has 1 amide bonds. The zero-order chi connectivity index (χ0) is 16.1. The normalized spacial score (nSPS) is 11.9. The van der Waals surface area contributed by atoms with E-state index < -0.39 is 16.5 Å². The van der Waals surface area contributed by atoms with Crippen LogP contribution in [0.4, 0.5) is 5.69 Å². The van der Waals surface area contributed by atoms with Gasteiger partial charge in [0.25, 0.3) is 5.56 Å². The van der Waals surface area contributed by atoms with Gasteiger partial charge in [-0.3, -0.25) is 14.6 Å². The summed E-state index contributed by atoms with van der Waals surface area (Å²) in [5, 5.41) is 8.24. The molecule has 3 N–H and O–H groups in total. The summed E-state index contributed by atoms with van der Waals surface area (Å²) in [4.78, 5) is 37.0. The Morgan fingerprint density at radius 1 is 1.36 bits per heavy atom. The molecule has 0 bridgehead atoms. The monoisotopic (exact) mass is 320 g/mol. The van der Waals surface area contributed by atoms with E-state index in [9.17, 15) is 14.4 Å². The highest BCUT2D eigenvalue weighted by molar-refractivity contribution is 8.00. The van der Waals surface area contributed by atoms with E-state index in [0.717, 1.165) is 23.0 Å². The van der Waals surface area contributed by atoms with Crippen molar-refractivity contribution in [2.24, 2.45) is 0 Å². The number of thioether (sulfide) groups is 1. The van der Waals surface area contributed by atoms with Crippen LogP contribution in [0.3, 0.4) is 0 Å². The van der Waals surface area contributed by atoms with Crippen LogP contribution in [0.25, 0.3) is 0 Å². The second-order valence-corrected chi connectivity index (χ2v) is 5.82. The predicted molar refractivity (Wildman–Crippen MR) is 85.2 cm³/mol. The maximum atomic E-state index is 12.3. The van der Waals surface area contributed by atoms with Gasteiger partial charge in [-0.25, -0.2) is 9.89 Å². The first-order chi connectivity index (χ1) is 10.5. The molecular formula is C14H16N4O3S. The molecule has 0 radical (unpaired) electrons. The van der Waals surface area contributed by atoms with Gasteiger partial charge in [0, 0.05) is 5.69 Å². The quantitative estimate of drug-likeness (QED) is 0.719. The zero-order valence-electron chi connectivity index (χ0n) is 12.2. The summed E-state index contributed by atoms with van der Waals surface area (Å²) < 4.78 is 0. The Bertz CT molecular complexity index is 784. The molecule has 0 aliphatic rings. The molecule has 0 spiro atoms. The van der Waals surface area contributed by atoms with E-state index in [1.54, 1.807) is 0 Å². The number of aromatic amines is 2. The molecule has 0 aliphatic carbocycles. The van der Waals surface area contributed by atoms with E-state index >= 15 is 0 Å². The summed E-state index contributed by atoms with van der Waals surface area (Å²) in [7, 11) is 0. The van der Waals surface area contributed by atoms with E-state index in [1.807, 2.05) is 38.1 Å². The predicted octanol–water partition coefficient (Wildman–Crippen LogP) is 1.28. The average Bonchev–Trinajstić information content (AvgIpc) is 2.49. The Labute approximate surface area is 130 Å². The van der Waals surface area contributed by atoms with Crippen molar-refractivity contribution in [1.29, 1.82) is 0 Å². The van der Waals surface area contributed by atoms with Gasteiger partial charge in [0.2, 0.25) is 5.91 Å². The number of carbonyl (C=O) groups is 1. The molecule has 0 fully saturated rings. The Kier molecular flexibility index (Phi) is 5.16.